The number of aryl methyl sites for hydroxylation is 1. The van der Waals surface area contributed by atoms with Crippen LogP contribution in [-0.2, 0) is 11.2 Å². The number of methoxy groups -OCH3 is 1. The fourth-order valence-corrected chi connectivity index (χ4v) is 1.74. The lowest BCUT2D eigenvalue weighted by atomic mass is 10.1. The van der Waals surface area contributed by atoms with Crippen molar-refractivity contribution in [3.05, 3.63) is 17.5 Å². The number of hydrogen-bond donors (Lipinski definition) is 2. The van der Waals surface area contributed by atoms with Crippen molar-refractivity contribution >= 4 is 0 Å². The lowest BCUT2D eigenvalue weighted by Crippen LogP contribution is -2.38. The molecule has 15 heavy (non-hydrogen) atoms. The molecule has 86 valence electrons. The molecule has 1 aromatic heterocycles. The van der Waals surface area contributed by atoms with E-state index in [1.54, 1.807) is 7.11 Å². The Morgan fingerprint density at radius 2 is 2.20 bits per heavy atom. The van der Waals surface area contributed by atoms with Crippen LogP contribution in [0.2, 0.25) is 0 Å². The SMILES string of the molecule is COCC(C)NC(C)Cc1cc(C)[nH]n1. The average molecular weight is 211 g/mol. The molecular weight excluding hydrogens is 190 g/mol. The van der Waals surface area contributed by atoms with Gasteiger partial charge in [0.05, 0.1) is 12.3 Å². The van der Waals surface area contributed by atoms with E-state index < -0.39 is 0 Å². The minimum Gasteiger partial charge on any atom is -0.383 e. The summed E-state index contributed by atoms with van der Waals surface area (Å²) in [6, 6.07) is 2.88. The van der Waals surface area contributed by atoms with Gasteiger partial charge in [0.2, 0.25) is 0 Å². The minimum atomic E-state index is 0.380. The second-order valence-corrected chi connectivity index (χ2v) is 4.17. The van der Waals surface area contributed by atoms with Crippen LogP contribution in [0, 0.1) is 6.92 Å². The molecule has 0 radical (unpaired) electrons. The maximum Gasteiger partial charge on any atom is 0.0640 e. The topological polar surface area (TPSA) is 49.9 Å². The molecule has 0 saturated carbocycles. The van der Waals surface area contributed by atoms with Gasteiger partial charge in [-0.2, -0.15) is 5.10 Å². The van der Waals surface area contributed by atoms with Gasteiger partial charge in [0.15, 0.2) is 0 Å². The standard InChI is InChI=1S/C11H21N3O/c1-8(12-10(3)7-15-4)5-11-6-9(2)13-14-11/h6,8,10,12H,5,7H2,1-4H3,(H,13,14). The van der Waals surface area contributed by atoms with Gasteiger partial charge in [0.25, 0.3) is 0 Å². The van der Waals surface area contributed by atoms with E-state index >= 15 is 0 Å². The van der Waals surface area contributed by atoms with Crippen LogP contribution in [0.5, 0.6) is 0 Å². The molecule has 1 rings (SSSR count). The Morgan fingerprint density at radius 3 is 2.73 bits per heavy atom. The third kappa shape index (κ3) is 4.44. The highest BCUT2D eigenvalue weighted by Gasteiger charge is 2.09. The first-order valence-electron chi connectivity index (χ1n) is 5.37. The smallest absolute Gasteiger partial charge is 0.0640 e. The maximum absolute atomic E-state index is 5.07. The predicted molar refractivity (Wildman–Crippen MR) is 61.0 cm³/mol. The van der Waals surface area contributed by atoms with Crippen molar-refractivity contribution in [3.8, 4) is 0 Å². The van der Waals surface area contributed by atoms with E-state index in [9.17, 15) is 0 Å². The summed E-state index contributed by atoms with van der Waals surface area (Å²) in [5.41, 5.74) is 2.22. The largest absolute Gasteiger partial charge is 0.383 e. The van der Waals surface area contributed by atoms with E-state index in [2.05, 4.69) is 35.4 Å². The van der Waals surface area contributed by atoms with Gasteiger partial charge in [-0.25, -0.2) is 0 Å². The summed E-state index contributed by atoms with van der Waals surface area (Å²) in [4.78, 5) is 0. The van der Waals surface area contributed by atoms with Gasteiger partial charge in [-0.3, -0.25) is 5.10 Å². The summed E-state index contributed by atoms with van der Waals surface area (Å²) < 4.78 is 5.07. The van der Waals surface area contributed by atoms with Gasteiger partial charge in [-0.15, -0.1) is 0 Å². The number of hydrogen-bond acceptors (Lipinski definition) is 3. The first-order valence-corrected chi connectivity index (χ1v) is 5.37. The van der Waals surface area contributed by atoms with Gasteiger partial charge < -0.3 is 10.1 Å². The number of aromatic nitrogens is 2. The van der Waals surface area contributed by atoms with E-state index in [4.69, 9.17) is 4.74 Å². The highest BCUT2D eigenvalue weighted by Crippen LogP contribution is 2.02. The Hall–Kier alpha value is -0.870. The molecule has 0 spiro atoms. The zero-order chi connectivity index (χ0) is 11.3. The number of aromatic amines is 1. The highest BCUT2D eigenvalue weighted by atomic mass is 16.5. The van der Waals surface area contributed by atoms with Crippen molar-refractivity contribution in [2.75, 3.05) is 13.7 Å². The highest BCUT2D eigenvalue weighted by molar-refractivity contribution is 5.07. The summed E-state index contributed by atoms with van der Waals surface area (Å²) >= 11 is 0. The van der Waals surface area contributed by atoms with E-state index in [1.165, 1.54) is 0 Å². The number of ether oxygens (including phenoxy) is 1. The van der Waals surface area contributed by atoms with Gasteiger partial charge >= 0.3 is 0 Å². The van der Waals surface area contributed by atoms with Crippen molar-refractivity contribution in [1.29, 1.82) is 0 Å². The Balaban J connectivity index is 2.32. The van der Waals surface area contributed by atoms with Crippen molar-refractivity contribution in [3.63, 3.8) is 0 Å². The van der Waals surface area contributed by atoms with Crippen LogP contribution in [0.25, 0.3) is 0 Å². The van der Waals surface area contributed by atoms with Gasteiger partial charge in [0, 0.05) is 31.3 Å². The van der Waals surface area contributed by atoms with Gasteiger partial charge in [-0.1, -0.05) is 0 Å². The Labute approximate surface area is 91.4 Å². The predicted octanol–water partition coefficient (Wildman–Crippen LogP) is 1.27. The summed E-state index contributed by atoms with van der Waals surface area (Å²) in [6.07, 6.45) is 0.943. The summed E-state index contributed by atoms with van der Waals surface area (Å²) in [5, 5.41) is 10.6. The van der Waals surface area contributed by atoms with Crippen molar-refractivity contribution in [1.82, 2.24) is 15.5 Å². The second-order valence-electron chi connectivity index (χ2n) is 4.17. The molecule has 2 atom stereocenters. The number of rotatable bonds is 6. The third-order valence-corrected chi connectivity index (χ3v) is 2.26. The number of H-pyrrole nitrogens is 1. The molecule has 0 bridgehead atoms. The zero-order valence-electron chi connectivity index (χ0n) is 10.0. The Bertz CT molecular complexity index is 285. The second kappa shape index (κ2) is 5.88. The molecule has 2 N–H and O–H groups in total. The van der Waals surface area contributed by atoms with Crippen LogP contribution < -0.4 is 5.32 Å². The zero-order valence-corrected chi connectivity index (χ0v) is 10.0. The number of nitrogens with zero attached hydrogens (tertiary/aromatic N) is 1. The molecule has 0 aliphatic carbocycles. The molecule has 1 aromatic rings. The average Bonchev–Trinajstić information content (AvgIpc) is 2.51. The summed E-state index contributed by atoms with van der Waals surface area (Å²) in [6.45, 7) is 7.04. The van der Waals surface area contributed by atoms with Crippen LogP contribution in [0.1, 0.15) is 25.2 Å². The number of nitrogens with one attached hydrogen (secondary N) is 2. The first kappa shape index (κ1) is 12.2. The van der Waals surface area contributed by atoms with Crippen molar-refractivity contribution < 1.29 is 4.74 Å². The van der Waals surface area contributed by atoms with Crippen LogP contribution in [0.15, 0.2) is 6.07 Å². The third-order valence-electron chi connectivity index (χ3n) is 2.26. The molecule has 0 fully saturated rings. The van der Waals surface area contributed by atoms with E-state index in [0.29, 0.717) is 12.1 Å². The minimum absolute atomic E-state index is 0.380. The monoisotopic (exact) mass is 211 g/mol. The first-order chi connectivity index (χ1) is 7.11. The summed E-state index contributed by atoms with van der Waals surface area (Å²) in [7, 11) is 1.72. The molecule has 4 nitrogen and oxygen atoms in total. The molecule has 2 unspecified atom stereocenters. The van der Waals surface area contributed by atoms with Gasteiger partial charge in [0.1, 0.15) is 0 Å². The molecule has 0 amide bonds. The lowest BCUT2D eigenvalue weighted by molar-refractivity contribution is 0.167. The normalized spacial score (nSPS) is 15.2. The van der Waals surface area contributed by atoms with E-state index in [1.807, 2.05) is 6.92 Å². The molecule has 0 aliphatic rings. The van der Waals surface area contributed by atoms with Crippen LogP contribution in [-0.4, -0.2) is 36.0 Å². The Morgan fingerprint density at radius 1 is 1.47 bits per heavy atom. The van der Waals surface area contributed by atoms with Crippen LogP contribution in [0.4, 0.5) is 0 Å². The van der Waals surface area contributed by atoms with E-state index in [-0.39, 0.29) is 0 Å². The maximum atomic E-state index is 5.07. The molecule has 0 aliphatic heterocycles. The van der Waals surface area contributed by atoms with Crippen LogP contribution >= 0.6 is 0 Å². The van der Waals surface area contributed by atoms with Crippen molar-refractivity contribution in [2.24, 2.45) is 0 Å². The molecule has 0 saturated heterocycles. The van der Waals surface area contributed by atoms with Gasteiger partial charge in [-0.05, 0) is 26.8 Å². The molecule has 4 heteroatoms. The summed E-state index contributed by atoms with van der Waals surface area (Å²) in [5.74, 6) is 0. The Kier molecular flexibility index (Phi) is 4.78. The molecular formula is C11H21N3O. The fraction of sp³-hybridized carbons (Fsp3) is 0.727. The quantitative estimate of drug-likeness (QED) is 0.745. The lowest BCUT2D eigenvalue weighted by Gasteiger charge is -2.18. The van der Waals surface area contributed by atoms with E-state index in [0.717, 1.165) is 24.4 Å². The van der Waals surface area contributed by atoms with Crippen molar-refractivity contribution in [2.45, 2.75) is 39.3 Å². The fourth-order valence-electron chi connectivity index (χ4n) is 1.74. The molecule has 0 aromatic carbocycles. The molecule has 1 heterocycles. The van der Waals surface area contributed by atoms with Crippen LogP contribution in [0.3, 0.4) is 0 Å².